The zero-order chi connectivity index (χ0) is 12.4. The van der Waals surface area contributed by atoms with E-state index in [2.05, 4.69) is 5.32 Å². The maximum absolute atomic E-state index is 11.3. The van der Waals surface area contributed by atoms with Crippen LogP contribution >= 0.6 is 11.8 Å². The largest absolute Gasteiger partial charge is 0.481 e. The first kappa shape index (κ1) is 15.2. The summed E-state index contributed by atoms with van der Waals surface area (Å²) < 4.78 is 0. The van der Waals surface area contributed by atoms with Crippen LogP contribution < -0.4 is 5.32 Å². The van der Waals surface area contributed by atoms with Crippen molar-refractivity contribution in [3.05, 3.63) is 0 Å². The van der Waals surface area contributed by atoms with Crippen molar-refractivity contribution in [1.82, 2.24) is 5.32 Å². The van der Waals surface area contributed by atoms with E-state index in [1.165, 1.54) is 0 Å². The predicted molar refractivity (Wildman–Crippen MR) is 63.5 cm³/mol. The van der Waals surface area contributed by atoms with Gasteiger partial charge in [0.15, 0.2) is 0 Å². The number of rotatable bonds is 9. The fourth-order valence-electron chi connectivity index (χ4n) is 1.17. The summed E-state index contributed by atoms with van der Waals surface area (Å²) in [6.07, 6.45) is 1.59. The molecule has 0 aliphatic heterocycles. The van der Waals surface area contributed by atoms with Crippen molar-refractivity contribution in [2.75, 3.05) is 24.7 Å². The third-order valence-electron chi connectivity index (χ3n) is 2.16. The quantitative estimate of drug-likeness (QED) is 0.548. The zero-order valence-electron chi connectivity index (χ0n) is 9.44. The summed E-state index contributed by atoms with van der Waals surface area (Å²) in [5.41, 5.74) is 0. The standard InChI is InChI=1S/C10H19NO4S/c1-2-8(3-4-12)5-11-9(13)6-16-7-10(14)15/h8,12H,2-7H2,1H3,(H,11,13)(H,14,15). The van der Waals surface area contributed by atoms with Gasteiger partial charge in [-0.05, 0) is 12.3 Å². The summed E-state index contributed by atoms with van der Waals surface area (Å²) in [7, 11) is 0. The smallest absolute Gasteiger partial charge is 0.313 e. The van der Waals surface area contributed by atoms with E-state index in [1.54, 1.807) is 0 Å². The van der Waals surface area contributed by atoms with Gasteiger partial charge in [0.1, 0.15) is 0 Å². The summed E-state index contributed by atoms with van der Waals surface area (Å²) in [5.74, 6) is -0.658. The molecule has 0 heterocycles. The summed E-state index contributed by atoms with van der Waals surface area (Å²) in [4.78, 5) is 21.5. The molecule has 1 atom stereocenters. The molecule has 0 saturated carbocycles. The Morgan fingerprint density at radius 1 is 1.38 bits per heavy atom. The number of hydrogen-bond donors (Lipinski definition) is 3. The van der Waals surface area contributed by atoms with E-state index in [0.29, 0.717) is 18.9 Å². The van der Waals surface area contributed by atoms with Crippen molar-refractivity contribution < 1.29 is 19.8 Å². The molecule has 0 fully saturated rings. The zero-order valence-corrected chi connectivity index (χ0v) is 10.3. The summed E-state index contributed by atoms with van der Waals surface area (Å²) in [6, 6.07) is 0. The predicted octanol–water partition coefficient (Wildman–Crippen LogP) is 0.329. The summed E-state index contributed by atoms with van der Waals surface area (Å²) in [6.45, 7) is 2.68. The van der Waals surface area contributed by atoms with Gasteiger partial charge in [-0.3, -0.25) is 9.59 Å². The van der Waals surface area contributed by atoms with E-state index < -0.39 is 5.97 Å². The first-order valence-electron chi connectivity index (χ1n) is 5.27. The Morgan fingerprint density at radius 3 is 2.56 bits per heavy atom. The molecule has 0 aliphatic rings. The van der Waals surface area contributed by atoms with Gasteiger partial charge in [0, 0.05) is 13.2 Å². The van der Waals surface area contributed by atoms with Crippen LogP contribution in [0.5, 0.6) is 0 Å². The molecule has 1 amide bonds. The number of nitrogens with one attached hydrogen (secondary N) is 1. The second-order valence-electron chi connectivity index (χ2n) is 3.48. The number of carbonyl (C=O) groups is 2. The van der Waals surface area contributed by atoms with Gasteiger partial charge >= 0.3 is 5.97 Å². The Kier molecular flexibility index (Phi) is 9.03. The Labute approximate surface area is 99.6 Å². The van der Waals surface area contributed by atoms with Crippen LogP contribution in [0.4, 0.5) is 0 Å². The van der Waals surface area contributed by atoms with Gasteiger partial charge in [0.2, 0.25) is 5.91 Å². The molecule has 1 unspecified atom stereocenters. The van der Waals surface area contributed by atoms with Crippen molar-refractivity contribution >= 4 is 23.6 Å². The van der Waals surface area contributed by atoms with E-state index in [-0.39, 0.29) is 24.0 Å². The first-order chi connectivity index (χ1) is 7.60. The Morgan fingerprint density at radius 2 is 2.06 bits per heavy atom. The van der Waals surface area contributed by atoms with E-state index in [9.17, 15) is 9.59 Å². The molecule has 0 bridgehead atoms. The third kappa shape index (κ3) is 8.55. The van der Waals surface area contributed by atoms with Crippen LogP contribution in [0, 0.1) is 5.92 Å². The minimum absolute atomic E-state index is 0.0543. The molecule has 0 spiro atoms. The lowest BCUT2D eigenvalue weighted by Gasteiger charge is -2.13. The minimum atomic E-state index is -0.912. The van der Waals surface area contributed by atoms with Crippen molar-refractivity contribution in [2.24, 2.45) is 5.92 Å². The van der Waals surface area contributed by atoms with Gasteiger partial charge in [-0.15, -0.1) is 11.8 Å². The maximum Gasteiger partial charge on any atom is 0.313 e. The van der Waals surface area contributed by atoms with E-state index >= 15 is 0 Å². The Balaban J connectivity index is 3.58. The van der Waals surface area contributed by atoms with Crippen molar-refractivity contribution in [1.29, 1.82) is 0 Å². The lowest BCUT2D eigenvalue weighted by Crippen LogP contribution is -2.31. The molecule has 0 aliphatic carbocycles. The molecule has 5 nitrogen and oxygen atoms in total. The van der Waals surface area contributed by atoms with Crippen LogP contribution in [0.25, 0.3) is 0 Å². The van der Waals surface area contributed by atoms with Crippen molar-refractivity contribution in [3.63, 3.8) is 0 Å². The number of hydrogen-bond acceptors (Lipinski definition) is 4. The summed E-state index contributed by atoms with van der Waals surface area (Å²) >= 11 is 1.08. The lowest BCUT2D eigenvalue weighted by molar-refractivity contribution is -0.133. The molecule has 0 rings (SSSR count). The van der Waals surface area contributed by atoms with Gasteiger partial charge in [-0.25, -0.2) is 0 Å². The second kappa shape index (κ2) is 9.47. The molecule has 3 N–H and O–H groups in total. The number of amides is 1. The number of thioether (sulfide) groups is 1. The highest BCUT2D eigenvalue weighted by molar-refractivity contribution is 8.00. The molecular formula is C10H19NO4S. The number of aliphatic hydroxyl groups excluding tert-OH is 1. The lowest BCUT2D eigenvalue weighted by atomic mass is 10.0. The van der Waals surface area contributed by atoms with Crippen LogP contribution in [0.1, 0.15) is 19.8 Å². The molecular weight excluding hydrogens is 230 g/mol. The Hall–Kier alpha value is -0.750. The first-order valence-corrected chi connectivity index (χ1v) is 6.42. The molecule has 0 aromatic carbocycles. The molecule has 0 saturated heterocycles. The normalized spacial score (nSPS) is 12.1. The van der Waals surface area contributed by atoms with Gasteiger partial charge in [0.05, 0.1) is 11.5 Å². The molecule has 94 valence electrons. The second-order valence-corrected chi connectivity index (χ2v) is 4.46. The SMILES string of the molecule is CCC(CCO)CNC(=O)CSCC(=O)O. The molecule has 6 heteroatoms. The van der Waals surface area contributed by atoms with Crippen LogP contribution in [0.15, 0.2) is 0 Å². The Bertz CT molecular complexity index is 223. The number of carboxylic acids is 1. The van der Waals surface area contributed by atoms with Gasteiger partial charge < -0.3 is 15.5 Å². The highest BCUT2D eigenvalue weighted by atomic mass is 32.2. The topological polar surface area (TPSA) is 86.6 Å². The third-order valence-corrected chi connectivity index (χ3v) is 3.08. The highest BCUT2D eigenvalue weighted by Crippen LogP contribution is 2.06. The molecule has 0 radical (unpaired) electrons. The van der Waals surface area contributed by atoms with Crippen LogP contribution in [-0.4, -0.2) is 46.7 Å². The van der Waals surface area contributed by atoms with Gasteiger partial charge in [0.25, 0.3) is 0 Å². The molecule has 0 aromatic rings. The van der Waals surface area contributed by atoms with Gasteiger partial charge in [-0.1, -0.05) is 13.3 Å². The fraction of sp³-hybridized carbons (Fsp3) is 0.800. The van der Waals surface area contributed by atoms with Gasteiger partial charge in [-0.2, -0.15) is 0 Å². The molecule has 16 heavy (non-hydrogen) atoms. The summed E-state index contributed by atoms with van der Waals surface area (Å²) in [5, 5.41) is 19.9. The van der Waals surface area contributed by atoms with Crippen LogP contribution in [0.3, 0.4) is 0 Å². The molecule has 0 aromatic heterocycles. The number of carbonyl (C=O) groups excluding carboxylic acids is 1. The van der Waals surface area contributed by atoms with E-state index in [1.807, 2.05) is 6.92 Å². The number of aliphatic carboxylic acids is 1. The fourth-order valence-corrected chi connectivity index (χ4v) is 1.74. The average Bonchev–Trinajstić information content (AvgIpc) is 2.23. The van der Waals surface area contributed by atoms with E-state index in [4.69, 9.17) is 10.2 Å². The van der Waals surface area contributed by atoms with Crippen molar-refractivity contribution in [3.8, 4) is 0 Å². The minimum Gasteiger partial charge on any atom is -0.481 e. The van der Waals surface area contributed by atoms with Crippen LogP contribution in [-0.2, 0) is 9.59 Å². The number of carboxylic acid groups (broad SMARTS) is 1. The van der Waals surface area contributed by atoms with Crippen LogP contribution in [0.2, 0.25) is 0 Å². The maximum atomic E-state index is 11.3. The highest BCUT2D eigenvalue weighted by Gasteiger charge is 2.08. The van der Waals surface area contributed by atoms with Crippen molar-refractivity contribution in [2.45, 2.75) is 19.8 Å². The monoisotopic (exact) mass is 249 g/mol. The van der Waals surface area contributed by atoms with E-state index in [0.717, 1.165) is 18.2 Å². The average molecular weight is 249 g/mol. The number of aliphatic hydroxyl groups is 1.